The van der Waals surface area contributed by atoms with Gasteiger partial charge in [-0.05, 0) is 72.3 Å². The lowest BCUT2D eigenvalue weighted by Gasteiger charge is -2.31. The fraction of sp³-hybridized carbons (Fsp3) is 0.419. The van der Waals surface area contributed by atoms with Gasteiger partial charge < -0.3 is 21.1 Å². The van der Waals surface area contributed by atoms with Crippen LogP contribution in [0.1, 0.15) is 41.0 Å². The van der Waals surface area contributed by atoms with Crippen LogP contribution >= 0.6 is 0 Å². The number of rotatable bonds is 14. The molecule has 220 valence electrons. The Balaban J connectivity index is 1.45. The van der Waals surface area contributed by atoms with Crippen LogP contribution in [0.2, 0.25) is 0 Å². The van der Waals surface area contributed by atoms with Gasteiger partial charge in [0.1, 0.15) is 17.5 Å². The topological polar surface area (TPSA) is 89.3 Å². The molecule has 0 bridgehead atoms. The number of aromatic nitrogens is 1. The van der Waals surface area contributed by atoms with Gasteiger partial charge in [0.25, 0.3) is 0 Å². The van der Waals surface area contributed by atoms with Gasteiger partial charge in [0, 0.05) is 38.2 Å². The summed E-state index contributed by atoms with van der Waals surface area (Å²) in [5.74, 6) is -2.39. The molecular formula is C31H36F4N4O2. The highest BCUT2D eigenvalue weighted by molar-refractivity contribution is 5.87. The van der Waals surface area contributed by atoms with Gasteiger partial charge in [-0.25, -0.2) is 13.2 Å². The van der Waals surface area contributed by atoms with Crippen molar-refractivity contribution in [3.05, 3.63) is 101 Å². The summed E-state index contributed by atoms with van der Waals surface area (Å²) in [6.45, 7) is 2.08. The number of carbonyl (C=O) groups excluding carboxylic acids is 1. The Morgan fingerprint density at radius 1 is 1.00 bits per heavy atom. The van der Waals surface area contributed by atoms with Crippen molar-refractivity contribution in [2.45, 2.75) is 49.9 Å². The Bertz CT molecular complexity index is 1210. The molecule has 41 heavy (non-hydrogen) atoms. The van der Waals surface area contributed by atoms with E-state index in [4.69, 9.17) is 10.5 Å². The third kappa shape index (κ3) is 8.65. The van der Waals surface area contributed by atoms with Crippen LogP contribution < -0.4 is 16.4 Å². The first-order valence-electron chi connectivity index (χ1n) is 13.9. The summed E-state index contributed by atoms with van der Waals surface area (Å²) in [5.41, 5.74) is 8.53. The van der Waals surface area contributed by atoms with Crippen molar-refractivity contribution in [3.8, 4) is 0 Å². The van der Waals surface area contributed by atoms with Gasteiger partial charge in [-0.1, -0.05) is 24.3 Å². The zero-order valence-corrected chi connectivity index (χ0v) is 22.8. The maximum absolute atomic E-state index is 15.0. The molecule has 4 N–H and O–H groups in total. The van der Waals surface area contributed by atoms with Gasteiger partial charge in [-0.2, -0.15) is 0 Å². The number of alkyl halides is 1. The summed E-state index contributed by atoms with van der Waals surface area (Å²) in [7, 11) is 0. The number of nitrogens with zero attached hydrogens (tertiary/aromatic N) is 1. The second-order valence-corrected chi connectivity index (χ2v) is 10.3. The first-order chi connectivity index (χ1) is 19.9. The van der Waals surface area contributed by atoms with Crippen molar-refractivity contribution in [2.75, 3.05) is 32.9 Å². The van der Waals surface area contributed by atoms with E-state index in [9.17, 15) is 22.4 Å². The summed E-state index contributed by atoms with van der Waals surface area (Å²) in [6.07, 6.45) is 3.53. The quantitative estimate of drug-likeness (QED) is 0.200. The number of Topliss-reactive ketones (excluding diaryl/α,β-unsaturated/α-hetero) is 1. The number of benzene rings is 2. The highest BCUT2D eigenvalue weighted by Crippen LogP contribution is 2.29. The minimum Gasteiger partial charge on any atom is -0.371 e. The Hall–Kier alpha value is -3.18. The van der Waals surface area contributed by atoms with Gasteiger partial charge >= 0.3 is 0 Å². The normalized spacial score (nSPS) is 18.0. The second kappa shape index (κ2) is 15.2. The van der Waals surface area contributed by atoms with E-state index < -0.39 is 29.4 Å². The SMILES string of the molecule is N[C@H](C(=O)Cc1cncc(F)c1CC[C@@H]1CNC[C@@H](CNCCCF)O1)C(c1ccc(F)cc1)c1ccc(F)cc1. The van der Waals surface area contributed by atoms with E-state index in [1.54, 1.807) is 24.3 Å². The minimum absolute atomic E-state index is 0.0791. The molecule has 1 saturated heterocycles. The molecule has 0 spiro atoms. The van der Waals surface area contributed by atoms with Crippen LogP contribution in [0, 0.1) is 17.5 Å². The zero-order chi connectivity index (χ0) is 29.2. The number of ketones is 1. The number of nitrogens with two attached hydrogens (primary N) is 1. The molecule has 3 aromatic rings. The molecule has 4 rings (SSSR count). The Kier molecular flexibility index (Phi) is 11.4. The lowest BCUT2D eigenvalue weighted by atomic mass is 9.82. The summed E-state index contributed by atoms with van der Waals surface area (Å²) < 4.78 is 60.7. The van der Waals surface area contributed by atoms with Crippen LogP contribution in [0.15, 0.2) is 60.9 Å². The molecule has 2 aromatic carbocycles. The lowest BCUT2D eigenvalue weighted by molar-refractivity contribution is -0.119. The third-order valence-electron chi connectivity index (χ3n) is 7.35. The van der Waals surface area contributed by atoms with E-state index in [-0.39, 0.29) is 31.1 Å². The average molecular weight is 573 g/mol. The molecule has 0 amide bonds. The predicted molar refractivity (Wildman–Crippen MR) is 149 cm³/mol. The van der Waals surface area contributed by atoms with Gasteiger partial charge in [-0.3, -0.25) is 14.2 Å². The third-order valence-corrected chi connectivity index (χ3v) is 7.35. The van der Waals surface area contributed by atoms with E-state index in [0.717, 1.165) is 6.20 Å². The number of carbonyl (C=O) groups is 1. The summed E-state index contributed by atoms with van der Waals surface area (Å²) in [6, 6.07) is 10.3. The molecule has 0 radical (unpaired) electrons. The average Bonchev–Trinajstić information content (AvgIpc) is 2.97. The molecule has 6 nitrogen and oxygen atoms in total. The van der Waals surface area contributed by atoms with Gasteiger partial charge in [0.05, 0.1) is 31.1 Å². The molecule has 1 fully saturated rings. The van der Waals surface area contributed by atoms with Crippen molar-refractivity contribution in [1.29, 1.82) is 0 Å². The van der Waals surface area contributed by atoms with Crippen LogP contribution in [-0.2, 0) is 22.4 Å². The molecule has 0 aliphatic carbocycles. The zero-order valence-electron chi connectivity index (χ0n) is 22.8. The summed E-state index contributed by atoms with van der Waals surface area (Å²) in [4.78, 5) is 17.5. The molecule has 2 heterocycles. The standard InChI is InChI=1S/C31H36F4N4O2/c32-12-1-13-37-17-26-18-39-16-25(41-26)10-11-27-22(15-38-19-28(27)35)14-29(40)31(36)30(20-2-6-23(33)7-3-20)21-4-8-24(34)9-5-21/h2-9,15,19,25-26,30-31,37,39H,1,10-14,16-18,36H2/t25-,26-,31-/m1/s1. The lowest BCUT2D eigenvalue weighted by Crippen LogP contribution is -2.48. The fourth-order valence-electron chi connectivity index (χ4n) is 5.20. The smallest absolute Gasteiger partial charge is 0.154 e. The molecule has 1 aromatic heterocycles. The molecule has 3 atom stereocenters. The monoisotopic (exact) mass is 572 g/mol. The van der Waals surface area contributed by atoms with E-state index in [1.807, 2.05) is 0 Å². The highest BCUT2D eigenvalue weighted by Gasteiger charge is 2.29. The Morgan fingerprint density at radius 3 is 2.27 bits per heavy atom. The van der Waals surface area contributed by atoms with E-state index in [2.05, 4.69) is 15.6 Å². The van der Waals surface area contributed by atoms with Crippen molar-refractivity contribution < 1.29 is 27.1 Å². The molecule has 0 unspecified atom stereocenters. The fourth-order valence-corrected chi connectivity index (χ4v) is 5.20. The summed E-state index contributed by atoms with van der Waals surface area (Å²) in [5, 5.41) is 6.51. The van der Waals surface area contributed by atoms with Crippen LogP contribution in [-0.4, -0.2) is 61.9 Å². The van der Waals surface area contributed by atoms with Gasteiger partial charge in [-0.15, -0.1) is 0 Å². The first kappa shape index (κ1) is 30.8. The number of morpholine rings is 1. The van der Waals surface area contributed by atoms with Crippen LogP contribution in [0.5, 0.6) is 0 Å². The van der Waals surface area contributed by atoms with Gasteiger partial charge in [0.15, 0.2) is 5.78 Å². The number of halogens is 4. The van der Waals surface area contributed by atoms with Crippen LogP contribution in [0.3, 0.4) is 0 Å². The van der Waals surface area contributed by atoms with Crippen LogP contribution in [0.25, 0.3) is 0 Å². The number of pyridine rings is 1. The molecule has 10 heteroatoms. The maximum Gasteiger partial charge on any atom is 0.154 e. The van der Waals surface area contributed by atoms with Crippen molar-refractivity contribution in [3.63, 3.8) is 0 Å². The number of hydrogen-bond acceptors (Lipinski definition) is 6. The Labute approximate surface area is 237 Å². The predicted octanol–water partition coefficient (Wildman–Crippen LogP) is 4.01. The first-order valence-corrected chi connectivity index (χ1v) is 13.9. The maximum atomic E-state index is 15.0. The number of ether oxygens (including phenoxy) is 1. The molecular weight excluding hydrogens is 536 g/mol. The van der Waals surface area contributed by atoms with E-state index >= 15 is 0 Å². The highest BCUT2D eigenvalue weighted by atomic mass is 19.1. The van der Waals surface area contributed by atoms with Crippen LogP contribution in [0.4, 0.5) is 17.6 Å². The number of hydrogen-bond donors (Lipinski definition) is 3. The second-order valence-electron chi connectivity index (χ2n) is 10.3. The molecule has 1 aliphatic rings. The largest absolute Gasteiger partial charge is 0.371 e. The van der Waals surface area contributed by atoms with E-state index in [1.165, 1.54) is 30.5 Å². The summed E-state index contributed by atoms with van der Waals surface area (Å²) >= 11 is 0. The number of nitrogens with one attached hydrogen (secondary N) is 2. The van der Waals surface area contributed by atoms with E-state index in [0.29, 0.717) is 67.7 Å². The molecule has 0 saturated carbocycles. The molecule has 1 aliphatic heterocycles. The van der Waals surface area contributed by atoms with Crippen molar-refractivity contribution >= 4 is 5.78 Å². The van der Waals surface area contributed by atoms with Gasteiger partial charge in [0.2, 0.25) is 0 Å². The van der Waals surface area contributed by atoms with Crippen molar-refractivity contribution in [2.24, 2.45) is 5.73 Å². The van der Waals surface area contributed by atoms with Crippen molar-refractivity contribution in [1.82, 2.24) is 15.6 Å². The minimum atomic E-state index is -1.06. The Morgan fingerprint density at radius 2 is 1.63 bits per heavy atom.